The smallest absolute Gasteiger partial charge is 0.254 e. The second kappa shape index (κ2) is 6.62. The first-order valence-electron chi connectivity index (χ1n) is 7.49. The number of hydrogen-bond donors (Lipinski definition) is 0. The van der Waals surface area contributed by atoms with Crippen LogP contribution in [0.3, 0.4) is 0 Å². The number of amides is 1. The predicted molar refractivity (Wildman–Crippen MR) is 84.7 cm³/mol. The lowest BCUT2D eigenvalue weighted by Gasteiger charge is -2.30. The van der Waals surface area contributed by atoms with E-state index in [2.05, 4.69) is 19.1 Å². The molecule has 1 unspecified atom stereocenters. The van der Waals surface area contributed by atoms with Crippen molar-refractivity contribution in [2.24, 2.45) is 0 Å². The molecule has 0 radical (unpaired) electrons. The SMILES string of the molecule is Cc1cc(C)c(C(=O)N2CCCCCC2CCl)c(C)c1. The summed E-state index contributed by atoms with van der Waals surface area (Å²) < 4.78 is 0. The van der Waals surface area contributed by atoms with Gasteiger partial charge in [-0.25, -0.2) is 0 Å². The first-order valence-corrected chi connectivity index (χ1v) is 8.03. The fraction of sp³-hybridized carbons (Fsp3) is 0.588. The van der Waals surface area contributed by atoms with E-state index in [0.29, 0.717) is 5.88 Å². The number of halogens is 1. The lowest BCUT2D eigenvalue weighted by molar-refractivity contribution is 0.0699. The van der Waals surface area contributed by atoms with Crippen LogP contribution in [-0.2, 0) is 0 Å². The Morgan fingerprint density at radius 1 is 1.20 bits per heavy atom. The molecular weight excluding hydrogens is 270 g/mol. The number of hydrogen-bond acceptors (Lipinski definition) is 1. The van der Waals surface area contributed by atoms with Crippen molar-refractivity contribution >= 4 is 17.5 Å². The van der Waals surface area contributed by atoms with Gasteiger partial charge in [0.15, 0.2) is 0 Å². The van der Waals surface area contributed by atoms with Crippen molar-refractivity contribution in [3.63, 3.8) is 0 Å². The van der Waals surface area contributed by atoms with Crippen LogP contribution in [0.4, 0.5) is 0 Å². The summed E-state index contributed by atoms with van der Waals surface area (Å²) in [6, 6.07) is 4.37. The molecule has 1 aromatic carbocycles. The van der Waals surface area contributed by atoms with Crippen molar-refractivity contribution in [1.82, 2.24) is 4.90 Å². The largest absolute Gasteiger partial charge is 0.334 e. The van der Waals surface area contributed by atoms with Crippen LogP contribution in [0.1, 0.15) is 52.7 Å². The zero-order valence-electron chi connectivity index (χ0n) is 12.7. The Morgan fingerprint density at radius 3 is 2.45 bits per heavy atom. The van der Waals surface area contributed by atoms with Gasteiger partial charge in [0.1, 0.15) is 0 Å². The first kappa shape index (κ1) is 15.4. The third kappa shape index (κ3) is 3.17. The Kier molecular flexibility index (Phi) is 5.09. The highest BCUT2D eigenvalue weighted by Gasteiger charge is 2.27. The first-order chi connectivity index (χ1) is 9.54. The zero-order chi connectivity index (χ0) is 14.7. The van der Waals surface area contributed by atoms with E-state index in [0.717, 1.165) is 36.1 Å². The van der Waals surface area contributed by atoms with Gasteiger partial charge < -0.3 is 4.90 Å². The summed E-state index contributed by atoms with van der Waals surface area (Å²) in [7, 11) is 0. The van der Waals surface area contributed by atoms with E-state index in [1.54, 1.807) is 0 Å². The van der Waals surface area contributed by atoms with Crippen LogP contribution in [0, 0.1) is 20.8 Å². The van der Waals surface area contributed by atoms with Gasteiger partial charge in [0.25, 0.3) is 5.91 Å². The van der Waals surface area contributed by atoms with Crippen LogP contribution in [-0.4, -0.2) is 29.3 Å². The molecule has 110 valence electrons. The van der Waals surface area contributed by atoms with E-state index in [9.17, 15) is 4.79 Å². The van der Waals surface area contributed by atoms with Gasteiger partial charge in [-0.1, -0.05) is 30.5 Å². The summed E-state index contributed by atoms with van der Waals surface area (Å²) in [5.41, 5.74) is 4.23. The number of benzene rings is 1. The van der Waals surface area contributed by atoms with Crippen molar-refractivity contribution in [3.05, 3.63) is 34.4 Å². The van der Waals surface area contributed by atoms with Crippen molar-refractivity contribution in [3.8, 4) is 0 Å². The van der Waals surface area contributed by atoms with Gasteiger partial charge in [0.05, 0.1) is 0 Å². The van der Waals surface area contributed by atoms with E-state index >= 15 is 0 Å². The molecule has 2 nitrogen and oxygen atoms in total. The number of aryl methyl sites for hydroxylation is 3. The maximum absolute atomic E-state index is 12.9. The molecule has 1 aliphatic rings. The molecule has 0 spiro atoms. The Hall–Kier alpha value is -1.02. The van der Waals surface area contributed by atoms with Crippen LogP contribution in [0.5, 0.6) is 0 Å². The minimum Gasteiger partial charge on any atom is -0.334 e. The molecule has 0 bridgehead atoms. The minimum atomic E-state index is 0.160. The molecule has 1 heterocycles. The van der Waals surface area contributed by atoms with Gasteiger partial charge in [-0.15, -0.1) is 11.6 Å². The van der Waals surface area contributed by atoms with Gasteiger partial charge >= 0.3 is 0 Å². The maximum Gasteiger partial charge on any atom is 0.254 e. The lowest BCUT2D eigenvalue weighted by atomic mass is 9.98. The molecule has 1 atom stereocenters. The molecule has 0 aliphatic carbocycles. The standard InChI is InChI=1S/C17H24ClNO/c1-12-9-13(2)16(14(3)10-12)17(20)19-8-6-4-5-7-15(19)11-18/h9-10,15H,4-8,11H2,1-3H3. The molecule has 2 rings (SSSR count). The number of likely N-dealkylation sites (tertiary alicyclic amines) is 1. The van der Waals surface area contributed by atoms with E-state index in [1.807, 2.05) is 18.7 Å². The summed E-state index contributed by atoms with van der Waals surface area (Å²) in [5.74, 6) is 0.697. The number of carbonyl (C=O) groups excluding carboxylic acids is 1. The molecule has 1 saturated heterocycles. The fourth-order valence-electron chi connectivity index (χ4n) is 3.27. The van der Waals surface area contributed by atoms with E-state index < -0.39 is 0 Å². The third-order valence-electron chi connectivity index (χ3n) is 4.21. The highest BCUT2D eigenvalue weighted by atomic mass is 35.5. The Bertz CT molecular complexity index is 475. The van der Waals surface area contributed by atoms with Crippen LogP contribution < -0.4 is 0 Å². The van der Waals surface area contributed by atoms with Crippen molar-refractivity contribution < 1.29 is 4.79 Å². The maximum atomic E-state index is 12.9. The average Bonchev–Trinajstić information content (AvgIpc) is 2.62. The fourth-order valence-corrected chi connectivity index (χ4v) is 3.59. The van der Waals surface area contributed by atoms with Crippen molar-refractivity contribution in [2.45, 2.75) is 52.5 Å². The second-order valence-electron chi connectivity index (χ2n) is 5.93. The average molecular weight is 294 g/mol. The minimum absolute atomic E-state index is 0.160. The van der Waals surface area contributed by atoms with Crippen LogP contribution >= 0.6 is 11.6 Å². The third-order valence-corrected chi connectivity index (χ3v) is 4.56. The van der Waals surface area contributed by atoms with Gasteiger partial charge in [-0.3, -0.25) is 4.79 Å². The van der Waals surface area contributed by atoms with Gasteiger partial charge in [0.2, 0.25) is 0 Å². The summed E-state index contributed by atoms with van der Waals surface area (Å²) in [4.78, 5) is 14.9. The molecule has 1 fully saturated rings. The van der Waals surface area contributed by atoms with Crippen LogP contribution in [0.15, 0.2) is 12.1 Å². The number of carbonyl (C=O) groups is 1. The van der Waals surface area contributed by atoms with Gasteiger partial charge in [-0.05, 0) is 44.7 Å². The topological polar surface area (TPSA) is 20.3 Å². The molecule has 20 heavy (non-hydrogen) atoms. The Labute approximate surface area is 127 Å². The number of nitrogens with zero attached hydrogens (tertiary/aromatic N) is 1. The lowest BCUT2D eigenvalue weighted by Crippen LogP contribution is -2.41. The van der Waals surface area contributed by atoms with Crippen LogP contribution in [0.25, 0.3) is 0 Å². The highest BCUT2D eigenvalue weighted by molar-refractivity contribution is 6.18. The molecule has 1 amide bonds. The summed E-state index contributed by atoms with van der Waals surface area (Å²) >= 11 is 6.09. The number of alkyl halides is 1. The van der Waals surface area contributed by atoms with Gasteiger partial charge in [0, 0.05) is 24.0 Å². The molecule has 0 N–H and O–H groups in total. The molecule has 3 heteroatoms. The normalized spacial score (nSPS) is 19.8. The van der Waals surface area contributed by atoms with E-state index in [1.165, 1.54) is 18.4 Å². The highest BCUT2D eigenvalue weighted by Crippen LogP contribution is 2.24. The summed E-state index contributed by atoms with van der Waals surface area (Å²) in [5, 5.41) is 0. The molecule has 0 saturated carbocycles. The summed E-state index contributed by atoms with van der Waals surface area (Å²) in [6.45, 7) is 6.96. The van der Waals surface area contributed by atoms with E-state index in [4.69, 9.17) is 11.6 Å². The Morgan fingerprint density at radius 2 is 1.85 bits per heavy atom. The van der Waals surface area contributed by atoms with Crippen LogP contribution in [0.2, 0.25) is 0 Å². The van der Waals surface area contributed by atoms with Crippen molar-refractivity contribution in [2.75, 3.05) is 12.4 Å². The molecule has 1 aliphatic heterocycles. The summed E-state index contributed by atoms with van der Waals surface area (Å²) in [6.07, 6.45) is 4.48. The zero-order valence-corrected chi connectivity index (χ0v) is 13.5. The van der Waals surface area contributed by atoms with Gasteiger partial charge in [-0.2, -0.15) is 0 Å². The van der Waals surface area contributed by atoms with Crippen molar-refractivity contribution in [1.29, 1.82) is 0 Å². The second-order valence-corrected chi connectivity index (χ2v) is 6.24. The monoisotopic (exact) mass is 293 g/mol. The Balaban J connectivity index is 2.34. The molecule has 1 aromatic rings. The molecule has 0 aromatic heterocycles. The quantitative estimate of drug-likeness (QED) is 0.747. The number of rotatable bonds is 2. The van der Waals surface area contributed by atoms with E-state index in [-0.39, 0.29) is 11.9 Å². The molecular formula is C17H24ClNO. The predicted octanol–water partition coefficient (Wildman–Crippen LogP) is 4.24.